The summed E-state index contributed by atoms with van der Waals surface area (Å²) < 4.78 is 0. The zero-order chi connectivity index (χ0) is 33.7. The van der Waals surface area contributed by atoms with Gasteiger partial charge < -0.3 is 4.90 Å². The maximum atomic E-state index is 2.42. The van der Waals surface area contributed by atoms with Crippen molar-refractivity contribution in [3.8, 4) is 22.3 Å². The van der Waals surface area contributed by atoms with E-state index in [1.165, 1.54) is 76.1 Å². The van der Waals surface area contributed by atoms with Gasteiger partial charge in [0.05, 0.1) is 5.69 Å². The molecule has 1 nitrogen and oxygen atoms in total. The molecule has 0 radical (unpaired) electrons. The molecule has 0 unspecified atom stereocenters. The molecule has 1 heteroatoms. The van der Waals surface area contributed by atoms with Gasteiger partial charge in [-0.1, -0.05) is 170 Å². The van der Waals surface area contributed by atoms with E-state index in [1.54, 1.807) is 0 Å². The molecule has 0 saturated carbocycles. The molecule has 10 aromatic rings. The van der Waals surface area contributed by atoms with Crippen molar-refractivity contribution < 1.29 is 0 Å². The number of rotatable bonds is 5. The van der Waals surface area contributed by atoms with E-state index in [0.29, 0.717) is 0 Å². The van der Waals surface area contributed by atoms with Crippen molar-refractivity contribution in [1.29, 1.82) is 0 Å². The van der Waals surface area contributed by atoms with E-state index in [0.717, 1.165) is 17.1 Å². The zero-order valence-corrected chi connectivity index (χ0v) is 28.0. The van der Waals surface area contributed by atoms with Gasteiger partial charge in [0, 0.05) is 16.9 Å². The summed E-state index contributed by atoms with van der Waals surface area (Å²) in [6.45, 7) is 0. The Morgan fingerprint density at radius 1 is 0.255 bits per heavy atom. The number of nitrogens with zero attached hydrogens (tertiary/aromatic N) is 1. The molecule has 0 aliphatic rings. The van der Waals surface area contributed by atoms with Crippen LogP contribution in [0.5, 0.6) is 0 Å². The molecule has 0 fully saturated rings. The molecule has 0 atom stereocenters. The van der Waals surface area contributed by atoms with Crippen LogP contribution in [0.4, 0.5) is 17.1 Å². The Morgan fingerprint density at radius 2 is 0.804 bits per heavy atom. The average Bonchev–Trinajstić information content (AvgIpc) is 3.21. The standard InChI is InChI=1S/C50H33N/c1-3-12-34(13-4-1)45-27-25-38(43-20-11-21-46-48(43)31-30-47-42-19-10-8-15-36(42)24-28-49(46)47)33-50(45)51(39-16-5-2-6-17-39)40-26-29-44-37(32-40)23-22-35-14-7-9-18-41(35)44/h1-33H. The van der Waals surface area contributed by atoms with Crippen LogP contribution < -0.4 is 4.90 Å². The maximum absolute atomic E-state index is 2.42. The summed E-state index contributed by atoms with van der Waals surface area (Å²) in [5.74, 6) is 0. The lowest BCUT2D eigenvalue weighted by Gasteiger charge is -2.29. The highest BCUT2D eigenvalue weighted by Crippen LogP contribution is 2.45. The third-order valence-electron chi connectivity index (χ3n) is 10.4. The number of para-hydroxylation sites is 1. The Labute approximate surface area is 297 Å². The summed E-state index contributed by atoms with van der Waals surface area (Å²) >= 11 is 0. The van der Waals surface area contributed by atoms with Crippen molar-refractivity contribution >= 4 is 70.9 Å². The molecule has 0 N–H and O–H groups in total. The molecule has 238 valence electrons. The third-order valence-corrected chi connectivity index (χ3v) is 10.4. The molecular formula is C50H33N. The lowest BCUT2D eigenvalue weighted by atomic mass is 9.91. The average molecular weight is 648 g/mol. The number of anilines is 3. The molecule has 0 amide bonds. The van der Waals surface area contributed by atoms with E-state index in [-0.39, 0.29) is 0 Å². The van der Waals surface area contributed by atoms with Gasteiger partial charge in [-0.2, -0.15) is 0 Å². The minimum Gasteiger partial charge on any atom is -0.310 e. The topological polar surface area (TPSA) is 3.24 Å². The Balaban J connectivity index is 1.22. The summed E-state index contributed by atoms with van der Waals surface area (Å²) in [5, 5.41) is 12.7. The van der Waals surface area contributed by atoms with Crippen molar-refractivity contribution in [2.75, 3.05) is 4.90 Å². The summed E-state index contributed by atoms with van der Waals surface area (Å²) in [5.41, 5.74) is 8.14. The number of hydrogen-bond donors (Lipinski definition) is 0. The van der Waals surface area contributed by atoms with E-state index in [1.807, 2.05) is 0 Å². The van der Waals surface area contributed by atoms with Gasteiger partial charge in [0.1, 0.15) is 0 Å². The molecular weight excluding hydrogens is 615 g/mol. The van der Waals surface area contributed by atoms with Crippen molar-refractivity contribution in [1.82, 2.24) is 0 Å². The second kappa shape index (κ2) is 12.0. The molecule has 51 heavy (non-hydrogen) atoms. The monoisotopic (exact) mass is 647 g/mol. The maximum Gasteiger partial charge on any atom is 0.0546 e. The smallest absolute Gasteiger partial charge is 0.0546 e. The largest absolute Gasteiger partial charge is 0.310 e. The van der Waals surface area contributed by atoms with Crippen LogP contribution in [-0.2, 0) is 0 Å². The van der Waals surface area contributed by atoms with Crippen molar-refractivity contribution in [2.45, 2.75) is 0 Å². The van der Waals surface area contributed by atoms with Crippen LogP contribution in [0.1, 0.15) is 0 Å². The Bertz CT molecular complexity index is 2910. The molecule has 0 aliphatic carbocycles. The summed E-state index contributed by atoms with van der Waals surface area (Å²) in [7, 11) is 0. The van der Waals surface area contributed by atoms with Gasteiger partial charge in [0.2, 0.25) is 0 Å². The molecule has 0 spiro atoms. The molecule has 0 heterocycles. The highest BCUT2D eigenvalue weighted by Gasteiger charge is 2.20. The predicted molar refractivity (Wildman–Crippen MR) is 220 cm³/mol. The van der Waals surface area contributed by atoms with Crippen LogP contribution in [0.3, 0.4) is 0 Å². The lowest BCUT2D eigenvalue weighted by molar-refractivity contribution is 1.29. The Morgan fingerprint density at radius 3 is 1.61 bits per heavy atom. The van der Waals surface area contributed by atoms with Gasteiger partial charge in [-0.25, -0.2) is 0 Å². The first-order valence-corrected chi connectivity index (χ1v) is 17.6. The van der Waals surface area contributed by atoms with Crippen LogP contribution in [0.25, 0.3) is 76.1 Å². The van der Waals surface area contributed by atoms with Gasteiger partial charge in [0.25, 0.3) is 0 Å². The van der Waals surface area contributed by atoms with Gasteiger partial charge in [0.15, 0.2) is 0 Å². The van der Waals surface area contributed by atoms with E-state index < -0.39 is 0 Å². The summed E-state index contributed by atoms with van der Waals surface area (Å²) in [4.78, 5) is 2.42. The highest BCUT2D eigenvalue weighted by molar-refractivity contribution is 6.19. The Kier molecular flexibility index (Phi) is 6.89. The third kappa shape index (κ3) is 4.94. The molecule has 0 aliphatic heterocycles. The fourth-order valence-corrected chi connectivity index (χ4v) is 8.00. The first kappa shape index (κ1) is 29.2. The first-order chi connectivity index (χ1) is 25.3. The predicted octanol–water partition coefficient (Wildman–Crippen LogP) is 14.3. The molecule has 0 aromatic heterocycles. The van der Waals surface area contributed by atoms with Crippen molar-refractivity contribution in [3.05, 3.63) is 200 Å². The minimum absolute atomic E-state index is 1.11. The van der Waals surface area contributed by atoms with E-state index >= 15 is 0 Å². The van der Waals surface area contributed by atoms with Crippen LogP contribution in [0.15, 0.2) is 200 Å². The fraction of sp³-hybridized carbons (Fsp3) is 0. The second-order valence-electron chi connectivity index (χ2n) is 13.3. The fourth-order valence-electron chi connectivity index (χ4n) is 8.00. The summed E-state index contributed by atoms with van der Waals surface area (Å²) in [6, 6.07) is 73.1. The SMILES string of the molecule is c1ccc(-c2ccc(-c3cccc4c3ccc3c5ccccc5ccc43)cc2N(c2ccccc2)c2ccc3c(ccc4ccccc43)c2)cc1. The van der Waals surface area contributed by atoms with Crippen LogP contribution in [0, 0.1) is 0 Å². The number of hydrogen-bond acceptors (Lipinski definition) is 1. The number of fused-ring (bicyclic) bond motifs is 8. The molecule has 0 bridgehead atoms. The molecule has 0 saturated heterocycles. The van der Waals surface area contributed by atoms with Crippen molar-refractivity contribution in [3.63, 3.8) is 0 Å². The second-order valence-corrected chi connectivity index (χ2v) is 13.3. The summed E-state index contributed by atoms with van der Waals surface area (Å²) in [6.07, 6.45) is 0. The first-order valence-electron chi connectivity index (χ1n) is 17.6. The van der Waals surface area contributed by atoms with Crippen molar-refractivity contribution in [2.24, 2.45) is 0 Å². The van der Waals surface area contributed by atoms with Crippen LogP contribution in [-0.4, -0.2) is 0 Å². The van der Waals surface area contributed by atoms with E-state index in [4.69, 9.17) is 0 Å². The van der Waals surface area contributed by atoms with Gasteiger partial charge in [-0.05, 0) is 101 Å². The normalized spacial score (nSPS) is 11.5. The Hall–Kier alpha value is -6.70. The van der Waals surface area contributed by atoms with Gasteiger partial charge in [-0.15, -0.1) is 0 Å². The molecule has 10 aromatic carbocycles. The number of benzene rings is 10. The van der Waals surface area contributed by atoms with E-state index in [2.05, 4.69) is 205 Å². The highest BCUT2D eigenvalue weighted by atomic mass is 15.1. The minimum atomic E-state index is 1.11. The molecule has 10 rings (SSSR count). The lowest BCUT2D eigenvalue weighted by Crippen LogP contribution is -2.11. The van der Waals surface area contributed by atoms with Crippen LogP contribution in [0.2, 0.25) is 0 Å². The van der Waals surface area contributed by atoms with Crippen LogP contribution >= 0.6 is 0 Å². The van der Waals surface area contributed by atoms with E-state index in [9.17, 15) is 0 Å². The zero-order valence-electron chi connectivity index (χ0n) is 28.0. The van der Waals surface area contributed by atoms with Gasteiger partial charge >= 0.3 is 0 Å². The quantitative estimate of drug-likeness (QED) is 0.168. The van der Waals surface area contributed by atoms with Gasteiger partial charge in [-0.3, -0.25) is 0 Å².